The van der Waals surface area contributed by atoms with Gasteiger partial charge in [-0.25, -0.2) is 4.68 Å². The summed E-state index contributed by atoms with van der Waals surface area (Å²) >= 11 is 0. The zero-order chi connectivity index (χ0) is 21.2. The Morgan fingerprint density at radius 3 is 2.13 bits per heavy atom. The lowest BCUT2D eigenvalue weighted by atomic mass is 10.3. The van der Waals surface area contributed by atoms with Crippen LogP contribution in [0.1, 0.15) is 5.69 Å². The molecule has 0 fully saturated rings. The second-order valence-electron chi connectivity index (χ2n) is 6.33. The van der Waals surface area contributed by atoms with Gasteiger partial charge in [0.05, 0.1) is 38.7 Å². The molecule has 0 bridgehead atoms. The lowest BCUT2D eigenvalue weighted by Crippen LogP contribution is -2.39. The van der Waals surface area contributed by atoms with E-state index in [1.165, 1.54) is 0 Å². The van der Waals surface area contributed by atoms with Crippen molar-refractivity contribution >= 4 is 29.9 Å². The van der Waals surface area contributed by atoms with Gasteiger partial charge in [-0.1, -0.05) is 0 Å². The number of ether oxygens (including phenoxy) is 3. The van der Waals surface area contributed by atoms with E-state index in [0.717, 1.165) is 28.6 Å². The Labute approximate surface area is 199 Å². The summed E-state index contributed by atoms with van der Waals surface area (Å²) < 4.78 is 17.9. The molecule has 0 aliphatic rings. The number of rotatable bonds is 9. The summed E-state index contributed by atoms with van der Waals surface area (Å²) in [4.78, 5) is 4.23. The van der Waals surface area contributed by atoms with Gasteiger partial charge in [0, 0.05) is 13.2 Å². The number of benzene rings is 2. The fraction of sp³-hybridized carbons (Fsp3) is 0.273. The molecule has 0 unspecified atom stereocenters. The summed E-state index contributed by atoms with van der Waals surface area (Å²) in [5, 5.41) is 11.1. The van der Waals surface area contributed by atoms with Crippen LogP contribution < -0.4 is 24.8 Å². The molecular weight excluding hydrogens is 509 g/mol. The van der Waals surface area contributed by atoms with E-state index >= 15 is 0 Å². The lowest BCUT2D eigenvalue weighted by Gasteiger charge is -2.12. The number of nitrogens with zero attached hydrogens (tertiary/aromatic N) is 3. The maximum Gasteiger partial charge on any atom is 0.191 e. The van der Waals surface area contributed by atoms with Crippen LogP contribution in [-0.4, -0.2) is 50.2 Å². The van der Waals surface area contributed by atoms with Crippen LogP contribution in [0.15, 0.2) is 65.8 Å². The summed E-state index contributed by atoms with van der Waals surface area (Å²) in [5.74, 6) is 3.11. The van der Waals surface area contributed by atoms with Gasteiger partial charge in [-0.15, -0.1) is 24.0 Å². The van der Waals surface area contributed by atoms with Crippen molar-refractivity contribution < 1.29 is 14.2 Å². The highest BCUT2D eigenvalue weighted by atomic mass is 127. The van der Waals surface area contributed by atoms with E-state index in [9.17, 15) is 0 Å². The monoisotopic (exact) mass is 537 g/mol. The first-order valence-corrected chi connectivity index (χ1v) is 9.62. The summed E-state index contributed by atoms with van der Waals surface area (Å²) in [6.45, 7) is 1.69. The smallest absolute Gasteiger partial charge is 0.191 e. The van der Waals surface area contributed by atoms with Gasteiger partial charge in [-0.05, 0) is 54.6 Å². The van der Waals surface area contributed by atoms with E-state index < -0.39 is 0 Å². The molecule has 0 saturated carbocycles. The van der Waals surface area contributed by atoms with Gasteiger partial charge in [0.1, 0.15) is 23.9 Å². The van der Waals surface area contributed by atoms with E-state index in [2.05, 4.69) is 20.7 Å². The Morgan fingerprint density at radius 1 is 0.903 bits per heavy atom. The van der Waals surface area contributed by atoms with E-state index in [4.69, 9.17) is 14.2 Å². The van der Waals surface area contributed by atoms with E-state index in [-0.39, 0.29) is 24.0 Å². The molecule has 1 aromatic heterocycles. The molecule has 0 amide bonds. The van der Waals surface area contributed by atoms with Gasteiger partial charge < -0.3 is 24.8 Å². The van der Waals surface area contributed by atoms with Crippen LogP contribution >= 0.6 is 24.0 Å². The van der Waals surface area contributed by atoms with Crippen LogP contribution in [0.25, 0.3) is 5.69 Å². The van der Waals surface area contributed by atoms with Gasteiger partial charge >= 0.3 is 0 Å². The van der Waals surface area contributed by atoms with E-state index in [1.54, 1.807) is 21.3 Å². The SMILES string of the molecule is CN=C(NCCOc1ccc(OC)cc1)NCc1ccn(-c2ccc(OC)cc2)n1.I. The number of halogens is 1. The molecule has 0 saturated heterocycles. The fourth-order valence-corrected chi connectivity index (χ4v) is 2.74. The Morgan fingerprint density at radius 2 is 1.52 bits per heavy atom. The van der Waals surface area contributed by atoms with Crippen molar-refractivity contribution in [3.63, 3.8) is 0 Å². The zero-order valence-corrected chi connectivity index (χ0v) is 20.2. The zero-order valence-electron chi connectivity index (χ0n) is 17.9. The third-order valence-corrected chi connectivity index (χ3v) is 4.36. The summed E-state index contributed by atoms with van der Waals surface area (Å²) in [7, 11) is 5.02. The number of methoxy groups -OCH3 is 2. The third-order valence-electron chi connectivity index (χ3n) is 4.36. The van der Waals surface area contributed by atoms with Crippen molar-refractivity contribution in [1.29, 1.82) is 0 Å². The maximum absolute atomic E-state index is 5.71. The summed E-state index contributed by atoms with van der Waals surface area (Å²) in [6, 6.07) is 17.2. The standard InChI is InChI=1S/C22H27N5O3.HI/c1-23-22(24-13-15-30-21-10-8-20(29-3)9-11-21)25-16-17-12-14-27(26-17)18-4-6-19(28-2)7-5-18;/h4-12,14H,13,15-16H2,1-3H3,(H2,23,24,25);1H. The van der Waals surface area contributed by atoms with Crippen LogP contribution in [0.5, 0.6) is 17.2 Å². The van der Waals surface area contributed by atoms with Crippen LogP contribution in [0, 0.1) is 0 Å². The molecule has 0 aliphatic carbocycles. The molecule has 9 heteroatoms. The van der Waals surface area contributed by atoms with E-state index in [0.29, 0.717) is 25.7 Å². The average Bonchev–Trinajstić information content (AvgIpc) is 3.28. The quantitative estimate of drug-likeness (QED) is 0.189. The van der Waals surface area contributed by atoms with Gasteiger partial charge in [0.15, 0.2) is 5.96 Å². The van der Waals surface area contributed by atoms with E-state index in [1.807, 2.05) is 65.5 Å². The topological polar surface area (TPSA) is 81.9 Å². The van der Waals surface area contributed by atoms with Crippen molar-refractivity contribution in [3.8, 4) is 22.9 Å². The fourth-order valence-electron chi connectivity index (χ4n) is 2.74. The molecule has 3 rings (SSSR count). The van der Waals surface area contributed by atoms with Gasteiger partial charge in [-0.3, -0.25) is 4.99 Å². The van der Waals surface area contributed by atoms with Crippen LogP contribution in [0.2, 0.25) is 0 Å². The number of hydrogen-bond donors (Lipinski definition) is 2. The third kappa shape index (κ3) is 7.35. The van der Waals surface area contributed by atoms with Crippen LogP contribution in [-0.2, 0) is 6.54 Å². The summed E-state index contributed by atoms with van der Waals surface area (Å²) in [5.41, 5.74) is 1.88. The lowest BCUT2D eigenvalue weighted by molar-refractivity contribution is 0.321. The van der Waals surface area contributed by atoms with Crippen LogP contribution in [0.4, 0.5) is 0 Å². The summed E-state index contributed by atoms with van der Waals surface area (Å²) in [6.07, 6.45) is 1.93. The number of aromatic nitrogens is 2. The first kappa shape index (κ1) is 24.3. The van der Waals surface area contributed by atoms with Crippen molar-refractivity contribution in [2.45, 2.75) is 6.54 Å². The van der Waals surface area contributed by atoms with Gasteiger partial charge in [-0.2, -0.15) is 5.10 Å². The number of hydrogen-bond acceptors (Lipinski definition) is 5. The average molecular weight is 537 g/mol. The highest BCUT2D eigenvalue weighted by Gasteiger charge is 2.04. The minimum absolute atomic E-state index is 0. The van der Waals surface area contributed by atoms with Crippen molar-refractivity contribution in [3.05, 3.63) is 66.5 Å². The van der Waals surface area contributed by atoms with Crippen molar-refractivity contribution in [2.24, 2.45) is 4.99 Å². The molecule has 0 aliphatic heterocycles. The number of guanidine groups is 1. The molecule has 1 heterocycles. The Hall–Kier alpha value is -2.95. The second-order valence-corrected chi connectivity index (χ2v) is 6.33. The molecule has 0 spiro atoms. The minimum Gasteiger partial charge on any atom is -0.497 e. The Balaban J connectivity index is 0.00000341. The van der Waals surface area contributed by atoms with Gasteiger partial charge in [0.2, 0.25) is 0 Å². The van der Waals surface area contributed by atoms with Gasteiger partial charge in [0.25, 0.3) is 0 Å². The largest absolute Gasteiger partial charge is 0.497 e. The predicted octanol–water partition coefficient (Wildman–Crippen LogP) is 3.25. The maximum atomic E-state index is 5.71. The number of nitrogens with one attached hydrogen (secondary N) is 2. The normalized spacial score (nSPS) is 10.7. The first-order chi connectivity index (χ1) is 14.7. The highest BCUT2D eigenvalue weighted by Crippen LogP contribution is 2.17. The Kier molecular flexibility index (Phi) is 9.95. The minimum atomic E-state index is 0. The number of aliphatic imine (C=N–C) groups is 1. The molecule has 0 radical (unpaired) electrons. The highest BCUT2D eigenvalue weighted by molar-refractivity contribution is 14.0. The Bertz CT molecular complexity index is 943. The second kappa shape index (κ2) is 12.7. The predicted molar refractivity (Wildman–Crippen MR) is 132 cm³/mol. The molecule has 166 valence electrons. The van der Waals surface area contributed by atoms with Crippen molar-refractivity contribution in [2.75, 3.05) is 34.4 Å². The van der Waals surface area contributed by atoms with Crippen LogP contribution in [0.3, 0.4) is 0 Å². The molecule has 2 N–H and O–H groups in total. The first-order valence-electron chi connectivity index (χ1n) is 9.62. The molecular formula is C22H28IN5O3. The molecule has 31 heavy (non-hydrogen) atoms. The molecule has 0 atom stereocenters. The molecule has 8 nitrogen and oxygen atoms in total. The molecule has 2 aromatic carbocycles. The van der Waals surface area contributed by atoms with Crippen molar-refractivity contribution in [1.82, 2.24) is 20.4 Å². The molecule has 3 aromatic rings.